The Morgan fingerprint density at radius 3 is 2.84 bits per heavy atom. The van der Waals surface area contributed by atoms with Crippen molar-refractivity contribution in [1.29, 1.82) is 0 Å². The van der Waals surface area contributed by atoms with Crippen molar-refractivity contribution in [3.05, 3.63) is 53.1 Å². The Kier molecular flexibility index (Phi) is 5.77. The molecule has 2 aromatic rings. The summed E-state index contributed by atoms with van der Waals surface area (Å²) in [6.07, 6.45) is 4.85. The molecular weight excluding hydrogens is 416 g/mol. The van der Waals surface area contributed by atoms with Gasteiger partial charge in [0.25, 0.3) is 5.91 Å². The minimum Gasteiger partial charge on any atom is -0.493 e. The van der Waals surface area contributed by atoms with E-state index in [1.165, 1.54) is 19.2 Å². The predicted octanol–water partition coefficient (Wildman–Crippen LogP) is 2.92. The average Bonchev–Trinajstić information content (AvgIpc) is 3.33. The number of rotatable bonds is 6. The number of hydrogen-bond acceptors (Lipinski definition) is 5. The number of ether oxygens (including phenoxy) is 2. The van der Waals surface area contributed by atoms with E-state index >= 15 is 0 Å². The van der Waals surface area contributed by atoms with Crippen LogP contribution in [0.4, 0.5) is 5.69 Å². The van der Waals surface area contributed by atoms with E-state index in [1.54, 1.807) is 23.1 Å². The molecular formula is C23H26N2O5S. The first-order valence-electron chi connectivity index (χ1n) is 10.3. The Balaban J connectivity index is 1.57. The van der Waals surface area contributed by atoms with Crippen molar-refractivity contribution in [3.8, 4) is 11.5 Å². The summed E-state index contributed by atoms with van der Waals surface area (Å²) >= 11 is 0. The molecule has 2 aliphatic heterocycles. The maximum absolute atomic E-state index is 12.9. The molecule has 2 aliphatic rings. The highest BCUT2D eigenvalue weighted by Crippen LogP contribution is 2.36. The number of amides is 1. The van der Waals surface area contributed by atoms with Gasteiger partial charge in [0, 0.05) is 35.9 Å². The van der Waals surface area contributed by atoms with Gasteiger partial charge in [-0.15, -0.1) is 0 Å². The summed E-state index contributed by atoms with van der Waals surface area (Å²) in [6.45, 7) is 4.98. The van der Waals surface area contributed by atoms with Crippen molar-refractivity contribution in [2.75, 3.05) is 25.1 Å². The quantitative estimate of drug-likeness (QED) is 0.696. The van der Waals surface area contributed by atoms with E-state index in [1.807, 2.05) is 26.0 Å². The molecule has 1 unspecified atom stereocenters. The van der Waals surface area contributed by atoms with Crippen molar-refractivity contribution >= 4 is 27.7 Å². The molecule has 0 aliphatic carbocycles. The fourth-order valence-electron chi connectivity index (χ4n) is 4.01. The Labute approximate surface area is 182 Å². The molecule has 4 rings (SSSR count). The Morgan fingerprint density at radius 1 is 1.29 bits per heavy atom. The van der Waals surface area contributed by atoms with E-state index in [-0.39, 0.29) is 16.9 Å². The second-order valence-electron chi connectivity index (χ2n) is 7.63. The largest absolute Gasteiger partial charge is 0.493 e. The van der Waals surface area contributed by atoms with Gasteiger partial charge in [-0.05, 0) is 69.3 Å². The number of sulfonamides is 1. The van der Waals surface area contributed by atoms with Gasteiger partial charge in [0.15, 0.2) is 0 Å². The van der Waals surface area contributed by atoms with Crippen LogP contribution in [0.2, 0.25) is 0 Å². The van der Waals surface area contributed by atoms with Gasteiger partial charge in [-0.1, -0.05) is 0 Å². The molecule has 8 heteroatoms. The van der Waals surface area contributed by atoms with E-state index in [9.17, 15) is 13.2 Å². The first-order valence-corrected chi connectivity index (χ1v) is 11.8. The summed E-state index contributed by atoms with van der Waals surface area (Å²) in [5.74, 6) is 1.39. The first kappa shape index (κ1) is 21.4. The van der Waals surface area contributed by atoms with E-state index in [2.05, 4.69) is 4.72 Å². The Hall–Kier alpha value is -2.84. The molecule has 164 valence electrons. The third-order valence-corrected chi connectivity index (χ3v) is 6.94. The van der Waals surface area contributed by atoms with Crippen LogP contribution in [0.15, 0.2) is 41.3 Å². The molecule has 1 N–H and O–H groups in total. The lowest BCUT2D eigenvalue weighted by Crippen LogP contribution is -2.26. The third kappa shape index (κ3) is 4.18. The Bertz CT molecular complexity index is 1160. The molecule has 0 bridgehead atoms. The molecule has 0 radical (unpaired) electrons. The van der Waals surface area contributed by atoms with Crippen LogP contribution in [0.5, 0.6) is 11.5 Å². The topological polar surface area (TPSA) is 84.9 Å². The number of carbonyl (C=O) groups is 1. The number of fused-ring (bicyclic) bond motifs is 2. The Morgan fingerprint density at radius 2 is 2.10 bits per heavy atom. The maximum Gasteiger partial charge on any atom is 0.251 e. The zero-order valence-corrected chi connectivity index (χ0v) is 18.7. The van der Waals surface area contributed by atoms with Crippen molar-refractivity contribution in [1.82, 2.24) is 4.72 Å². The zero-order chi connectivity index (χ0) is 22.2. The molecule has 1 atom stereocenters. The standard InChI is InChI=1S/C23H26N2O5S/c1-4-29-21-14-18-11-15(2)30-22(18)13-17(21)5-8-23(26)25-10-9-16-12-19(6-7-20(16)25)31(27,28)24-3/h5-8,12-15,24H,4,9-11H2,1-3H3/b8-5+. The van der Waals surface area contributed by atoms with Crippen LogP contribution in [0.1, 0.15) is 30.5 Å². The lowest BCUT2D eigenvalue weighted by Gasteiger charge is -2.16. The predicted molar refractivity (Wildman–Crippen MR) is 119 cm³/mol. The SMILES string of the molecule is CCOc1cc2c(cc1/C=C/C(=O)N1CCc3cc(S(=O)(=O)NC)ccc31)OC(C)C2. The highest BCUT2D eigenvalue weighted by atomic mass is 32.2. The van der Waals surface area contributed by atoms with E-state index in [4.69, 9.17) is 9.47 Å². The van der Waals surface area contributed by atoms with Crippen molar-refractivity contribution in [2.45, 2.75) is 37.7 Å². The summed E-state index contributed by atoms with van der Waals surface area (Å²) in [7, 11) is -2.14. The van der Waals surface area contributed by atoms with Gasteiger partial charge >= 0.3 is 0 Å². The fourth-order valence-corrected chi connectivity index (χ4v) is 4.79. The average molecular weight is 443 g/mol. The summed E-state index contributed by atoms with van der Waals surface area (Å²) in [4.78, 5) is 14.8. The molecule has 0 spiro atoms. The molecule has 2 heterocycles. The molecule has 31 heavy (non-hydrogen) atoms. The molecule has 2 aromatic carbocycles. The van der Waals surface area contributed by atoms with Gasteiger partial charge < -0.3 is 14.4 Å². The van der Waals surface area contributed by atoms with E-state index < -0.39 is 10.0 Å². The van der Waals surface area contributed by atoms with Crippen molar-refractivity contribution in [2.24, 2.45) is 0 Å². The second kappa shape index (κ2) is 8.36. The van der Waals surface area contributed by atoms with Gasteiger partial charge in [0.1, 0.15) is 17.6 Å². The van der Waals surface area contributed by atoms with Crippen LogP contribution in [-0.2, 0) is 27.7 Å². The number of benzene rings is 2. The number of nitrogens with zero attached hydrogens (tertiary/aromatic N) is 1. The third-order valence-electron chi connectivity index (χ3n) is 5.53. The van der Waals surface area contributed by atoms with Gasteiger partial charge in [-0.2, -0.15) is 0 Å². The lowest BCUT2D eigenvalue weighted by molar-refractivity contribution is -0.114. The molecule has 7 nitrogen and oxygen atoms in total. The second-order valence-corrected chi connectivity index (χ2v) is 9.52. The minimum atomic E-state index is -3.52. The summed E-state index contributed by atoms with van der Waals surface area (Å²) in [5.41, 5.74) is 3.48. The highest BCUT2D eigenvalue weighted by molar-refractivity contribution is 7.89. The van der Waals surface area contributed by atoms with Crippen LogP contribution in [0.3, 0.4) is 0 Å². The molecule has 0 fully saturated rings. The van der Waals surface area contributed by atoms with Crippen LogP contribution in [-0.4, -0.2) is 40.6 Å². The molecule has 1 amide bonds. The number of anilines is 1. The minimum absolute atomic E-state index is 0.128. The summed E-state index contributed by atoms with van der Waals surface area (Å²) in [5, 5.41) is 0. The summed E-state index contributed by atoms with van der Waals surface area (Å²) < 4.78 is 38.0. The van der Waals surface area contributed by atoms with E-state index in [0.717, 1.165) is 40.3 Å². The van der Waals surface area contributed by atoms with Crippen molar-refractivity contribution < 1.29 is 22.7 Å². The zero-order valence-electron chi connectivity index (χ0n) is 17.8. The summed E-state index contributed by atoms with van der Waals surface area (Å²) in [6, 6.07) is 8.74. The van der Waals surface area contributed by atoms with Gasteiger partial charge in [-0.3, -0.25) is 4.79 Å². The van der Waals surface area contributed by atoms with Gasteiger partial charge in [-0.25, -0.2) is 13.1 Å². The maximum atomic E-state index is 12.9. The van der Waals surface area contributed by atoms with Crippen LogP contribution in [0, 0.1) is 0 Å². The molecule has 0 saturated heterocycles. The van der Waals surface area contributed by atoms with Crippen LogP contribution >= 0.6 is 0 Å². The molecule has 0 aromatic heterocycles. The number of hydrogen-bond donors (Lipinski definition) is 1. The normalized spacial score (nSPS) is 17.5. The van der Waals surface area contributed by atoms with Crippen LogP contribution < -0.4 is 19.1 Å². The lowest BCUT2D eigenvalue weighted by atomic mass is 10.1. The van der Waals surface area contributed by atoms with Gasteiger partial charge in [0.05, 0.1) is 11.5 Å². The number of nitrogens with one attached hydrogen (secondary N) is 1. The number of carbonyl (C=O) groups excluding carboxylic acids is 1. The fraction of sp³-hybridized carbons (Fsp3) is 0.348. The first-order chi connectivity index (χ1) is 14.8. The molecule has 0 saturated carbocycles. The van der Waals surface area contributed by atoms with Crippen molar-refractivity contribution in [3.63, 3.8) is 0 Å². The van der Waals surface area contributed by atoms with Gasteiger partial charge in [0.2, 0.25) is 10.0 Å². The van der Waals surface area contributed by atoms with Crippen LogP contribution in [0.25, 0.3) is 6.08 Å². The highest BCUT2D eigenvalue weighted by Gasteiger charge is 2.26. The smallest absolute Gasteiger partial charge is 0.251 e. The monoisotopic (exact) mass is 442 g/mol. The van der Waals surface area contributed by atoms with E-state index in [0.29, 0.717) is 19.6 Å².